The maximum absolute atomic E-state index is 11.7. The van der Waals surface area contributed by atoms with Crippen LogP contribution >= 0.6 is 11.3 Å². The van der Waals surface area contributed by atoms with Gasteiger partial charge in [0.25, 0.3) is 11.6 Å². The molecule has 0 aromatic carbocycles. The van der Waals surface area contributed by atoms with Crippen LogP contribution in [0.3, 0.4) is 0 Å². The molecule has 0 aliphatic rings. The van der Waals surface area contributed by atoms with E-state index in [1.165, 1.54) is 7.11 Å². The Labute approximate surface area is 87.6 Å². The van der Waals surface area contributed by atoms with Crippen molar-refractivity contribution in [2.45, 2.75) is 6.43 Å². The number of carbonyl (C=O) groups is 1. The van der Waals surface area contributed by atoms with Crippen molar-refractivity contribution < 1.29 is 18.3 Å². The number of halogens is 2. The van der Waals surface area contributed by atoms with Crippen LogP contribution in [0.15, 0.2) is 0 Å². The Morgan fingerprint density at radius 1 is 1.60 bits per heavy atom. The molecule has 2 amide bonds. The molecule has 0 saturated carbocycles. The number of carbonyl (C=O) groups excluding carboxylic acids is 1. The van der Waals surface area contributed by atoms with Crippen LogP contribution in [0.5, 0.6) is 5.19 Å². The number of amides is 2. The van der Waals surface area contributed by atoms with Gasteiger partial charge in [0, 0.05) is 0 Å². The number of hydrogen-bond acceptors (Lipinski definition) is 5. The smallest absolute Gasteiger partial charge is 0.321 e. The second-order valence-electron chi connectivity index (χ2n) is 2.30. The Morgan fingerprint density at radius 3 is 2.87 bits per heavy atom. The fraction of sp³-hybridized carbons (Fsp3) is 0.500. The van der Waals surface area contributed by atoms with E-state index >= 15 is 0 Å². The summed E-state index contributed by atoms with van der Waals surface area (Å²) in [5.41, 5.74) is 0. The molecule has 6 nitrogen and oxygen atoms in total. The van der Waals surface area contributed by atoms with Crippen LogP contribution in [0.1, 0.15) is 0 Å². The summed E-state index contributed by atoms with van der Waals surface area (Å²) in [5.74, 6) is 0. The predicted octanol–water partition coefficient (Wildman–Crippen LogP) is 0.933. The summed E-state index contributed by atoms with van der Waals surface area (Å²) in [6.07, 6.45) is -2.58. The van der Waals surface area contributed by atoms with Gasteiger partial charge in [-0.05, 0) is 11.3 Å². The van der Waals surface area contributed by atoms with Gasteiger partial charge in [-0.25, -0.2) is 13.6 Å². The van der Waals surface area contributed by atoms with Crippen LogP contribution in [0, 0.1) is 0 Å². The minimum atomic E-state index is -2.58. The molecule has 0 aliphatic carbocycles. The van der Waals surface area contributed by atoms with Gasteiger partial charge < -0.3 is 10.1 Å². The Kier molecular flexibility index (Phi) is 4.16. The van der Waals surface area contributed by atoms with E-state index in [9.17, 15) is 13.6 Å². The summed E-state index contributed by atoms with van der Waals surface area (Å²) in [4.78, 5) is 11.0. The predicted molar refractivity (Wildman–Crippen MR) is 49.5 cm³/mol. The van der Waals surface area contributed by atoms with Crippen LogP contribution in [0.2, 0.25) is 0 Å². The average Bonchev–Trinajstić information content (AvgIpc) is 2.62. The first-order valence-corrected chi connectivity index (χ1v) is 4.64. The topological polar surface area (TPSA) is 76.1 Å². The van der Waals surface area contributed by atoms with Crippen molar-refractivity contribution in [3.63, 3.8) is 0 Å². The Morgan fingerprint density at radius 2 is 2.33 bits per heavy atom. The van der Waals surface area contributed by atoms with Gasteiger partial charge in [-0.15, -0.1) is 5.10 Å². The first kappa shape index (κ1) is 11.6. The Balaban J connectivity index is 2.37. The lowest BCUT2D eigenvalue weighted by atomic mass is 10.7. The van der Waals surface area contributed by atoms with Crippen molar-refractivity contribution in [3.05, 3.63) is 0 Å². The van der Waals surface area contributed by atoms with Crippen LogP contribution in [-0.4, -0.2) is 36.3 Å². The van der Waals surface area contributed by atoms with Crippen molar-refractivity contribution in [1.29, 1.82) is 0 Å². The Bertz CT molecular complexity index is 333. The molecule has 9 heteroatoms. The van der Waals surface area contributed by atoms with E-state index in [0.29, 0.717) is 0 Å². The lowest BCUT2D eigenvalue weighted by molar-refractivity contribution is 0.148. The summed E-state index contributed by atoms with van der Waals surface area (Å²) >= 11 is 0.992. The van der Waals surface area contributed by atoms with Crippen LogP contribution < -0.4 is 15.4 Å². The van der Waals surface area contributed by atoms with Crippen LogP contribution in [-0.2, 0) is 0 Å². The minimum absolute atomic E-state index is 0.179. The second kappa shape index (κ2) is 5.39. The zero-order valence-corrected chi connectivity index (χ0v) is 8.48. The first-order chi connectivity index (χ1) is 7.11. The molecule has 0 fully saturated rings. The largest absolute Gasteiger partial charge is 0.472 e. The van der Waals surface area contributed by atoms with Crippen molar-refractivity contribution in [3.8, 4) is 5.19 Å². The number of alkyl halides is 2. The number of anilines is 1. The SMILES string of the molecule is COc1nnc(NC(=O)NCC(F)F)s1. The molecule has 1 rings (SSSR count). The third kappa shape index (κ3) is 4.02. The zero-order chi connectivity index (χ0) is 11.3. The molecule has 0 radical (unpaired) electrons. The summed E-state index contributed by atoms with van der Waals surface area (Å²) in [6.45, 7) is -0.707. The molecule has 0 aliphatic heterocycles. The molecule has 0 saturated heterocycles. The molecular weight excluding hydrogens is 230 g/mol. The molecule has 1 aromatic rings. The standard InChI is InChI=1S/C6H8F2N4O2S/c1-14-6-12-11-5(15-6)10-4(13)9-2-3(7)8/h3H,2H2,1H3,(H2,9,10,11,13). The molecule has 84 valence electrons. The third-order valence-electron chi connectivity index (χ3n) is 1.22. The monoisotopic (exact) mass is 238 g/mol. The van der Waals surface area contributed by atoms with E-state index in [-0.39, 0.29) is 10.3 Å². The van der Waals surface area contributed by atoms with Crippen molar-refractivity contribution in [2.75, 3.05) is 19.0 Å². The van der Waals surface area contributed by atoms with Gasteiger partial charge >= 0.3 is 6.03 Å². The third-order valence-corrected chi connectivity index (χ3v) is 2.02. The van der Waals surface area contributed by atoms with Crippen molar-refractivity contribution in [2.24, 2.45) is 0 Å². The summed E-state index contributed by atoms with van der Waals surface area (Å²) < 4.78 is 28.1. The van der Waals surface area contributed by atoms with E-state index < -0.39 is 19.0 Å². The highest BCUT2D eigenvalue weighted by atomic mass is 32.1. The van der Waals surface area contributed by atoms with Crippen LogP contribution in [0.25, 0.3) is 0 Å². The fourth-order valence-corrected chi connectivity index (χ4v) is 1.21. The van der Waals surface area contributed by atoms with Gasteiger partial charge in [0.1, 0.15) is 0 Å². The molecule has 0 unspecified atom stereocenters. The van der Waals surface area contributed by atoms with Gasteiger partial charge in [-0.3, -0.25) is 5.32 Å². The minimum Gasteiger partial charge on any atom is -0.472 e. The maximum atomic E-state index is 11.7. The lowest BCUT2D eigenvalue weighted by Crippen LogP contribution is -2.32. The Hall–Kier alpha value is -1.51. The van der Waals surface area contributed by atoms with Gasteiger partial charge in [0.2, 0.25) is 5.13 Å². The summed E-state index contributed by atoms with van der Waals surface area (Å²) in [7, 11) is 1.40. The molecule has 0 atom stereocenters. The number of methoxy groups -OCH3 is 1. The van der Waals surface area contributed by atoms with Gasteiger partial charge in [0.05, 0.1) is 13.7 Å². The highest BCUT2D eigenvalue weighted by molar-refractivity contribution is 7.17. The quantitative estimate of drug-likeness (QED) is 0.818. The van der Waals surface area contributed by atoms with Gasteiger partial charge in [0.15, 0.2) is 0 Å². The fourth-order valence-electron chi connectivity index (χ4n) is 0.654. The molecule has 1 aromatic heterocycles. The van der Waals surface area contributed by atoms with Gasteiger partial charge in [-0.1, -0.05) is 5.10 Å². The van der Waals surface area contributed by atoms with E-state index in [0.717, 1.165) is 11.3 Å². The van der Waals surface area contributed by atoms with Crippen molar-refractivity contribution in [1.82, 2.24) is 15.5 Å². The summed E-state index contributed by atoms with van der Waals surface area (Å²) in [5, 5.41) is 11.7. The summed E-state index contributed by atoms with van der Waals surface area (Å²) in [6, 6.07) is -0.755. The highest BCUT2D eigenvalue weighted by Crippen LogP contribution is 2.21. The second-order valence-corrected chi connectivity index (χ2v) is 3.24. The molecule has 0 bridgehead atoms. The van der Waals surface area contributed by atoms with Gasteiger partial charge in [-0.2, -0.15) is 0 Å². The normalized spacial score (nSPS) is 10.1. The van der Waals surface area contributed by atoms with E-state index in [4.69, 9.17) is 4.74 Å². The number of urea groups is 1. The molecular formula is C6H8F2N4O2S. The molecule has 15 heavy (non-hydrogen) atoms. The number of hydrogen-bond donors (Lipinski definition) is 2. The zero-order valence-electron chi connectivity index (χ0n) is 7.66. The molecule has 2 N–H and O–H groups in total. The number of aromatic nitrogens is 2. The van der Waals surface area contributed by atoms with E-state index in [1.54, 1.807) is 0 Å². The highest BCUT2D eigenvalue weighted by Gasteiger charge is 2.09. The lowest BCUT2D eigenvalue weighted by Gasteiger charge is -2.02. The van der Waals surface area contributed by atoms with E-state index in [2.05, 4.69) is 15.5 Å². The molecule has 1 heterocycles. The number of nitrogens with zero attached hydrogens (tertiary/aromatic N) is 2. The number of nitrogens with one attached hydrogen (secondary N) is 2. The number of ether oxygens (including phenoxy) is 1. The first-order valence-electron chi connectivity index (χ1n) is 3.82. The number of rotatable bonds is 4. The van der Waals surface area contributed by atoms with E-state index in [1.807, 2.05) is 5.32 Å². The maximum Gasteiger partial charge on any atom is 0.321 e. The average molecular weight is 238 g/mol. The van der Waals surface area contributed by atoms with Crippen molar-refractivity contribution >= 4 is 22.5 Å². The van der Waals surface area contributed by atoms with Crippen LogP contribution in [0.4, 0.5) is 18.7 Å². The molecule has 0 spiro atoms.